The molecule has 78 valence electrons. The summed E-state index contributed by atoms with van der Waals surface area (Å²) in [7, 11) is 0. The Labute approximate surface area is 84.0 Å². The van der Waals surface area contributed by atoms with Crippen LogP contribution in [0.3, 0.4) is 0 Å². The zero-order valence-electron chi connectivity index (χ0n) is 8.69. The van der Waals surface area contributed by atoms with Crippen LogP contribution in [0.5, 0.6) is 0 Å². The molecule has 0 bridgehead atoms. The van der Waals surface area contributed by atoms with Crippen LogP contribution in [0.1, 0.15) is 26.7 Å². The van der Waals surface area contributed by atoms with E-state index in [0.29, 0.717) is 12.1 Å². The molecule has 2 unspecified atom stereocenters. The van der Waals surface area contributed by atoms with Gasteiger partial charge in [0.05, 0.1) is 12.1 Å². The summed E-state index contributed by atoms with van der Waals surface area (Å²) >= 11 is 0. The maximum absolute atomic E-state index is 5.39. The standard InChI is InChI=1S/C10H16N2O2/c1-7-5-13-9(11-7)3-4-10-12-8(2)6-14-10/h7-8H,3-6H2,1-2H3. The third kappa shape index (κ3) is 2.25. The van der Waals surface area contributed by atoms with E-state index >= 15 is 0 Å². The SMILES string of the molecule is CC1COC(CCC2=NC(C)CO2)=N1. The lowest BCUT2D eigenvalue weighted by atomic mass is 10.3. The molecule has 0 N–H and O–H groups in total. The maximum atomic E-state index is 5.39. The van der Waals surface area contributed by atoms with Gasteiger partial charge in [0.1, 0.15) is 13.2 Å². The molecule has 0 spiro atoms. The van der Waals surface area contributed by atoms with Crippen molar-refractivity contribution in [1.82, 2.24) is 0 Å². The van der Waals surface area contributed by atoms with Gasteiger partial charge in [-0.1, -0.05) is 0 Å². The Morgan fingerprint density at radius 2 is 1.43 bits per heavy atom. The summed E-state index contributed by atoms with van der Waals surface area (Å²) in [5.41, 5.74) is 0. The van der Waals surface area contributed by atoms with Crippen molar-refractivity contribution in [3.8, 4) is 0 Å². The number of ether oxygens (including phenoxy) is 2. The monoisotopic (exact) mass is 196 g/mol. The van der Waals surface area contributed by atoms with Crippen molar-refractivity contribution in [3.63, 3.8) is 0 Å². The number of nitrogens with zero attached hydrogens (tertiary/aromatic N) is 2. The van der Waals surface area contributed by atoms with Gasteiger partial charge in [-0.05, 0) is 13.8 Å². The molecule has 0 amide bonds. The minimum Gasteiger partial charge on any atom is -0.479 e. The van der Waals surface area contributed by atoms with Gasteiger partial charge in [0.2, 0.25) is 0 Å². The summed E-state index contributed by atoms with van der Waals surface area (Å²) in [5, 5.41) is 0. The van der Waals surface area contributed by atoms with Crippen LogP contribution in [0, 0.1) is 0 Å². The van der Waals surface area contributed by atoms with E-state index in [9.17, 15) is 0 Å². The number of hydrogen-bond donors (Lipinski definition) is 0. The average Bonchev–Trinajstić information content (AvgIpc) is 2.72. The number of hydrogen-bond acceptors (Lipinski definition) is 4. The Bertz CT molecular complexity index is 245. The summed E-state index contributed by atoms with van der Waals surface area (Å²) < 4.78 is 10.8. The molecule has 2 heterocycles. The molecule has 14 heavy (non-hydrogen) atoms. The van der Waals surface area contributed by atoms with Gasteiger partial charge < -0.3 is 9.47 Å². The van der Waals surface area contributed by atoms with Gasteiger partial charge in [-0.25, -0.2) is 9.98 Å². The number of rotatable bonds is 3. The Balaban J connectivity index is 1.78. The van der Waals surface area contributed by atoms with E-state index in [1.54, 1.807) is 0 Å². The first-order chi connectivity index (χ1) is 6.74. The summed E-state index contributed by atoms with van der Waals surface area (Å²) in [6.45, 7) is 5.55. The van der Waals surface area contributed by atoms with Gasteiger partial charge in [-0.2, -0.15) is 0 Å². The van der Waals surface area contributed by atoms with E-state index in [1.807, 2.05) is 0 Å². The van der Waals surface area contributed by atoms with Gasteiger partial charge in [-0.15, -0.1) is 0 Å². The lowest BCUT2D eigenvalue weighted by molar-refractivity contribution is 0.306. The highest BCUT2D eigenvalue weighted by Gasteiger charge is 2.18. The average molecular weight is 196 g/mol. The molecule has 4 heteroatoms. The molecule has 0 radical (unpaired) electrons. The summed E-state index contributed by atoms with van der Waals surface area (Å²) in [6.07, 6.45) is 1.63. The minimum absolute atomic E-state index is 0.315. The van der Waals surface area contributed by atoms with Crippen molar-refractivity contribution >= 4 is 11.8 Å². The van der Waals surface area contributed by atoms with E-state index in [-0.39, 0.29) is 0 Å². The fourth-order valence-electron chi connectivity index (χ4n) is 1.56. The van der Waals surface area contributed by atoms with E-state index in [1.165, 1.54) is 0 Å². The quantitative estimate of drug-likeness (QED) is 0.684. The highest BCUT2D eigenvalue weighted by molar-refractivity contribution is 5.85. The Hall–Kier alpha value is -1.06. The molecule has 4 nitrogen and oxygen atoms in total. The second-order valence-corrected chi connectivity index (χ2v) is 3.87. The van der Waals surface area contributed by atoms with Crippen molar-refractivity contribution in [2.75, 3.05) is 13.2 Å². The lowest BCUT2D eigenvalue weighted by Gasteiger charge is -2.01. The second-order valence-electron chi connectivity index (χ2n) is 3.87. The van der Waals surface area contributed by atoms with Gasteiger partial charge in [0.15, 0.2) is 11.8 Å². The molecular formula is C10H16N2O2. The van der Waals surface area contributed by atoms with Gasteiger partial charge >= 0.3 is 0 Å². The Morgan fingerprint density at radius 3 is 1.71 bits per heavy atom. The molecule has 0 aromatic heterocycles. The van der Waals surface area contributed by atoms with Gasteiger partial charge in [0.25, 0.3) is 0 Å². The van der Waals surface area contributed by atoms with Crippen LogP contribution in [0.4, 0.5) is 0 Å². The molecule has 0 aromatic rings. The van der Waals surface area contributed by atoms with Crippen molar-refractivity contribution in [2.45, 2.75) is 38.8 Å². The molecule has 0 saturated carbocycles. The zero-order valence-corrected chi connectivity index (χ0v) is 8.69. The molecule has 2 aliphatic heterocycles. The largest absolute Gasteiger partial charge is 0.479 e. The Kier molecular flexibility index (Phi) is 2.70. The first-order valence-corrected chi connectivity index (χ1v) is 5.13. The minimum atomic E-state index is 0.315. The van der Waals surface area contributed by atoms with Gasteiger partial charge in [-0.3, -0.25) is 0 Å². The molecule has 0 aliphatic carbocycles. The van der Waals surface area contributed by atoms with Crippen LogP contribution < -0.4 is 0 Å². The molecule has 0 saturated heterocycles. The summed E-state index contributed by atoms with van der Waals surface area (Å²) in [4.78, 5) is 8.70. The van der Waals surface area contributed by atoms with E-state index in [4.69, 9.17) is 9.47 Å². The molecule has 2 aliphatic rings. The molecule has 0 fully saturated rings. The van der Waals surface area contributed by atoms with Crippen LogP contribution in [0.2, 0.25) is 0 Å². The predicted molar refractivity (Wildman–Crippen MR) is 54.9 cm³/mol. The van der Waals surface area contributed by atoms with E-state index < -0.39 is 0 Å². The van der Waals surface area contributed by atoms with Crippen molar-refractivity contribution in [2.24, 2.45) is 9.98 Å². The van der Waals surface area contributed by atoms with Crippen LogP contribution in [-0.4, -0.2) is 37.1 Å². The van der Waals surface area contributed by atoms with Crippen molar-refractivity contribution < 1.29 is 9.47 Å². The highest BCUT2D eigenvalue weighted by Crippen LogP contribution is 2.12. The van der Waals surface area contributed by atoms with Crippen molar-refractivity contribution in [1.29, 1.82) is 0 Å². The smallest absolute Gasteiger partial charge is 0.184 e. The molecule has 0 aromatic carbocycles. The molecular weight excluding hydrogens is 180 g/mol. The second kappa shape index (κ2) is 3.98. The first kappa shape index (κ1) is 9.49. The fourth-order valence-corrected chi connectivity index (χ4v) is 1.56. The lowest BCUT2D eigenvalue weighted by Crippen LogP contribution is -2.05. The van der Waals surface area contributed by atoms with Crippen LogP contribution in [-0.2, 0) is 9.47 Å². The maximum Gasteiger partial charge on any atom is 0.184 e. The topological polar surface area (TPSA) is 43.2 Å². The van der Waals surface area contributed by atoms with E-state index in [2.05, 4.69) is 23.8 Å². The van der Waals surface area contributed by atoms with Crippen LogP contribution in [0.15, 0.2) is 9.98 Å². The van der Waals surface area contributed by atoms with E-state index in [0.717, 1.165) is 37.9 Å². The third-order valence-corrected chi connectivity index (χ3v) is 2.26. The predicted octanol–water partition coefficient (Wildman–Crippen LogP) is 1.40. The zero-order chi connectivity index (χ0) is 9.97. The van der Waals surface area contributed by atoms with Crippen LogP contribution >= 0.6 is 0 Å². The summed E-state index contributed by atoms with van der Waals surface area (Å²) in [6, 6.07) is 0.630. The molecule has 2 rings (SSSR count). The highest BCUT2D eigenvalue weighted by atomic mass is 16.5. The third-order valence-electron chi connectivity index (χ3n) is 2.26. The number of aliphatic imine (C=N–C) groups is 2. The molecule has 2 atom stereocenters. The Morgan fingerprint density at radius 1 is 1.00 bits per heavy atom. The normalized spacial score (nSPS) is 30.7. The van der Waals surface area contributed by atoms with Crippen molar-refractivity contribution in [3.05, 3.63) is 0 Å². The van der Waals surface area contributed by atoms with Crippen LogP contribution in [0.25, 0.3) is 0 Å². The van der Waals surface area contributed by atoms with Gasteiger partial charge in [0, 0.05) is 12.8 Å². The summed E-state index contributed by atoms with van der Waals surface area (Å²) in [5.74, 6) is 1.70. The first-order valence-electron chi connectivity index (χ1n) is 5.13. The fraction of sp³-hybridized carbons (Fsp3) is 0.800.